The van der Waals surface area contributed by atoms with Crippen LogP contribution in [-0.4, -0.2) is 54.6 Å². The van der Waals surface area contributed by atoms with Gasteiger partial charge in [0.15, 0.2) is 24.1 Å². The molecule has 2 aromatic rings. The summed E-state index contributed by atoms with van der Waals surface area (Å²) in [5, 5.41) is 20.1. The Morgan fingerprint density at radius 3 is 2.48 bits per heavy atom. The van der Waals surface area contributed by atoms with Crippen molar-refractivity contribution in [3.8, 4) is 11.5 Å². The minimum absolute atomic E-state index is 0.183. The van der Waals surface area contributed by atoms with Crippen molar-refractivity contribution in [3.63, 3.8) is 0 Å². The standard InChI is InChI=1S/C23H26O8/c1-12-3-4-14(7-13(12)2)23-29-19-10-26-22(31-21(19)20(30-23)16(25)9-24)15-5-6-17-18(8-15)28-11-27-17/h3-8,16,19-25H,9-11H2,1-2H3/t16-,19+,20-,21-,22?,23?/m1/s1. The quantitative estimate of drug-likeness (QED) is 0.763. The van der Waals surface area contributed by atoms with Crippen LogP contribution in [0.2, 0.25) is 0 Å². The van der Waals surface area contributed by atoms with Crippen molar-refractivity contribution in [2.45, 2.75) is 50.8 Å². The highest BCUT2D eigenvalue weighted by atomic mass is 16.8. The summed E-state index contributed by atoms with van der Waals surface area (Å²) in [5.74, 6) is 1.30. The van der Waals surface area contributed by atoms with Gasteiger partial charge in [0.25, 0.3) is 0 Å². The van der Waals surface area contributed by atoms with E-state index in [1.807, 2.05) is 44.2 Å². The van der Waals surface area contributed by atoms with Crippen LogP contribution in [0, 0.1) is 13.8 Å². The van der Waals surface area contributed by atoms with E-state index in [1.54, 1.807) is 6.07 Å². The Kier molecular flexibility index (Phi) is 5.60. The van der Waals surface area contributed by atoms with Gasteiger partial charge in [-0.25, -0.2) is 0 Å². The molecule has 2 N–H and O–H groups in total. The molecule has 2 unspecified atom stereocenters. The van der Waals surface area contributed by atoms with Crippen LogP contribution in [0.4, 0.5) is 0 Å². The van der Waals surface area contributed by atoms with Gasteiger partial charge in [-0.2, -0.15) is 0 Å². The summed E-state index contributed by atoms with van der Waals surface area (Å²) in [6.07, 6.45) is -4.36. The van der Waals surface area contributed by atoms with E-state index in [0.29, 0.717) is 11.5 Å². The zero-order valence-electron chi connectivity index (χ0n) is 17.4. The molecule has 8 nitrogen and oxygen atoms in total. The Hall–Kier alpha value is -2.20. The zero-order chi connectivity index (χ0) is 21.5. The first-order valence-corrected chi connectivity index (χ1v) is 10.4. The van der Waals surface area contributed by atoms with Crippen LogP contribution in [0.15, 0.2) is 36.4 Å². The van der Waals surface area contributed by atoms with Gasteiger partial charge < -0.3 is 38.6 Å². The van der Waals surface area contributed by atoms with E-state index >= 15 is 0 Å². The molecule has 8 heteroatoms. The van der Waals surface area contributed by atoms with Gasteiger partial charge in [0.05, 0.1) is 13.2 Å². The molecular formula is C23H26O8. The van der Waals surface area contributed by atoms with Crippen molar-refractivity contribution in [1.82, 2.24) is 0 Å². The minimum Gasteiger partial charge on any atom is -0.454 e. The fourth-order valence-corrected chi connectivity index (χ4v) is 4.08. The fraction of sp³-hybridized carbons (Fsp3) is 0.478. The number of aliphatic hydroxyl groups is 2. The van der Waals surface area contributed by atoms with Crippen molar-refractivity contribution in [2.75, 3.05) is 20.0 Å². The van der Waals surface area contributed by atoms with Crippen molar-refractivity contribution in [2.24, 2.45) is 0 Å². The SMILES string of the molecule is Cc1ccc(C2O[C@H]([C@H](O)CO)[C@@H]3OC(c4ccc5c(c4)OCO5)OC[C@@H]3O2)cc1C. The van der Waals surface area contributed by atoms with Gasteiger partial charge in [-0.3, -0.25) is 0 Å². The maximum Gasteiger partial charge on any atom is 0.231 e. The van der Waals surface area contributed by atoms with Crippen LogP contribution < -0.4 is 9.47 Å². The predicted molar refractivity (Wildman–Crippen MR) is 108 cm³/mol. The van der Waals surface area contributed by atoms with E-state index in [1.165, 1.54) is 5.56 Å². The molecule has 3 aliphatic rings. The number of fused-ring (bicyclic) bond motifs is 2. The maximum absolute atomic E-state index is 10.5. The lowest BCUT2D eigenvalue weighted by molar-refractivity contribution is -0.373. The highest BCUT2D eigenvalue weighted by Gasteiger charge is 2.48. The Morgan fingerprint density at radius 2 is 1.68 bits per heavy atom. The Balaban J connectivity index is 1.37. The van der Waals surface area contributed by atoms with E-state index in [9.17, 15) is 10.2 Å². The van der Waals surface area contributed by atoms with Crippen LogP contribution in [-0.2, 0) is 18.9 Å². The Bertz CT molecular complexity index is 947. The molecule has 0 aliphatic carbocycles. The van der Waals surface area contributed by atoms with E-state index in [2.05, 4.69) is 0 Å². The summed E-state index contributed by atoms with van der Waals surface area (Å²) in [7, 11) is 0. The van der Waals surface area contributed by atoms with Crippen molar-refractivity contribution in [1.29, 1.82) is 0 Å². The van der Waals surface area contributed by atoms with Gasteiger partial charge in [-0.1, -0.05) is 18.2 Å². The highest BCUT2D eigenvalue weighted by molar-refractivity contribution is 5.44. The average Bonchev–Trinajstić information content (AvgIpc) is 3.27. The first kappa shape index (κ1) is 20.7. The number of ether oxygens (including phenoxy) is 6. The molecule has 2 fully saturated rings. The second-order valence-corrected chi connectivity index (χ2v) is 8.08. The van der Waals surface area contributed by atoms with Crippen molar-refractivity contribution < 1.29 is 38.6 Å². The lowest BCUT2D eigenvalue weighted by Crippen LogP contribution is -2.58. The Labute approximate surface area is 180 Å². The summed E-state index contributed by atoms with van der Waals surface area (Å²) in [4.78, 5) is 0. The minimum atomic E-state index is -1.12. The van der Waals surface area contributed by atoms with E-state index in [4.69, 9.17) is 28.4 Å². The normalized spacial score (nSPS) is 30.6. The number of aryl methyl sites for hydroxylation is 2. The molecule has 166 valence electrons. The van der Waals surface area contributed by atoms with E-state index < -0.39 is 43.6 Å². The second-order valence-electron chi connectivity index (χ2n) is 8.08. The van der Waals surface area contributed by atoms with Gasteiger partial charge >= 0.3 is 0 Å². The summed E-state index contributed by atoms with van der Waals surface area (Å²) < 4.78 is 35.1. The van der Waals surface area contributed by atoms with Gasteiger partial charge in [0.2, 0.25) is 6.79 Å². The van der Waals surface area contributed by atoms with Crippen LogP contribution >= 0.6 is 0 Å². The molecule has 0 radical (unpaired) electrons. The molecule has 0 saturated carbocycles. The molecular weight excluding hydrogens is 404 g/mol. The molecule has 31 heavy (non-hydrogen) atoms. The number of rotatable bonds is 4. The third kappa shape index (κ3) is 3.91. The van der Waals surface area contributed by atoms with Gasteiger partial charge in [-0.15, -0.1) is 0 Å². The van der Waals surface area contributed by atoms with Crippen LogP contribution in [0.5, 0.6) is 11.5 Å². The molecule has 3 aliphatic heterocycles. The third-order valence-corrected chi connectivity index (χ3v) is 6.00. The van der Waals surface area contributed by atoms with E-state index in [-0.39, 0.29) is 13.4 Å². The molecule has 0 amide bonds. The third-order valence-electron chi connectivity index (χ3n) is 6.00. The van der Waals surface area contributed by atoms with Gasteiger partial charge in [0, 0.05) is 11.1 Å². The molecule has 0 aromatic heterocycles. The fourth-order valence-electron chi connectivity index (χ4n) is 4.08. The Morgan fingerprint density at radius 1 is 0.903 bits per heavy atom. The second kappa shape index (κ2) is 8.38. The number of hydrogen-bond acceptors (Lipinski definition) is 8. The smallest absolute Gasteiger partial charge is 0.231 e. The summed E-state index contributed by atoms with van der Waals surface area (Å²) >= 11 is 0. The first-order valence-electron chi connectivity index (χ1n) is 10.4. The number of aliphatic hydroxyl groups excluding tert-OH is 2. The van der Waals surface area contributed by atoms with Crippen LogP contribution in [0.3, 0.4) is 0 Å². The molecule has 5 rings (SSSR count). The highest BCUT2D eigenvalue weighted by Crippen LogP contribution is 2.41. The molecule has 3 heterocycles. The van der Waals surface area contributed by atoms with E-state index in [0.717, 1.165) is 16.7 Å². The van der Waals surface area contributed by atoms with Gasteiger partial charge in [-0.05, 0) is 43.2 Å². The lowest BCUT2D eigenvalue weighted by atomic mass is 9.99. The summed E-state index contributed by atoms with van der Waals surface area (Å²) in [6.45, 7) is 4.04. The topological polar surface area (TPSA) is 95.8 Å². The first-order chi connectivity index (χ1) is 15.0. The molecule has 0 bridgehead atoms. The van der Waals surface area contributed by atoms with Crippen LogP contribution in [0.1, 0.15) is 34.8 Å². The number of benzene rings is 2. The monoisotopic (exact) mass is 430 g/mol. The molecule has 2 saturated heterocycles. The summed E-state index contributed by atoms with van der Waals surface area (Å²) in [6, 6.07) is 11.4. The maximum atomic E-state index is 10.5. The molecule has 6 atom stereocenters. The average molecular weight is 430 g/mol. The zero-order valence-corrected chi connectivity index (χ0v) is 17.4. The van der Waals surface area contributed by atoms with Crippen LogP contribution in [0.25, 0.3) is 0 Å². The largest absolute Gasteiger partial charge is 0.454 e. The number of hydrogen-bond donors (Lipinski definition) is 2. The summed E-state index contributed by atoms with van der Waals surface area (Å²) in [5.41, 5.74) is 3.89. The predicted octanol–water partition coefficient (Wildman–Crippen LogP) is 2.28. The van der Waals surface area contributed by atoms with Crippen molar-refractivity contribution in [3.05, 3.63) is 58.7 Å². The molecule has 0 spiro atoms. The van der Waals surface area contributed by atoms with Gasteiger partial charge in [0.1, 0.15) is 24.4 Å². The molecule has 2 aromatic carbocycles. The van der Waals surface area contributed by atoms with Crippen molar-refractivity contribution >= 4 is 0 Å². The lowest BCUT2D eigenvalue weighted by Gasteiger charge is -2.47.